The van der Waals surface area contributed by atoms with E-state index in [2.05, 4.69) is 18.8 Å². The number of aromatic nitrogens is 1. The second kappa shape index (κ2) is 6.09. The molecule has 4 nitrogen and oxygen atoms in total. The van der Waals surface area contributed by atoms with Gasteiger partial charge in [0.2, 0.25) is 5.88 Å². The lowest BCUT2D eigenvalue weighted by molar-refractivity contribution is 0.203. The van der Waals surface area contributed by atoms with Crippen LogP contribution in [0.4, 0.5) is 0 Å². The molecule has 20 heavy (non-hydrogen) atoms. The first-order chi connectivity index (χ1) is 9.61. The van der Waals surface area contributed by atoms with Gasteiger partial charge < -0.3 is 15.2 Å². The number of rotatable bonds is 6. The van der Waals surface area contributed by atoms with E-state index in [1.165, 1.54) is 0 Å². The van der Waals surface area contributed by atoms with Crippen molar-refractivity contribution in [2.45, 2.75) is 32.2 Å². The molecule has 0 spiro atoms. The first-order valence-corrected chi connectivity index (χ1v) is 6.96. The quantitative estimate of drug-likeness (QED) is 0.879. The first-order valence-electron chi connectivity index (χ1n) is 6.96. The van der Waals surface area contributed by atoms with Crippen LogP contribution in [0.2, 0.25) is 0 Å². The lowest BCUT2D eigenvalue weighted by Crippen LogP contribution is -2.44. The van der Waals surface area contributed by atoms with Gasteiger partial charge in [-0.2, -0.15) is 0 Å². The zero-order chi connectivity index (χ0) is 14.6. The van der Waals surface area contributed by atoms with Gasteiger partial charge >= 0.3 is 0 Å². The number of nitrogens with two attached hydrogens (primary N) is 1. The molecule has 0 bridgehead atoms. The molecule has 0 saturated carbocycles. The van der Waals surface area contributed by atoms with E-state index in [0.717, 1.165) is 29.4 Å². The minimum Gasteiger partial charge on any atom is -0.497 e. The van der Waals surface area contributed by atoms with Crippen LogP contribution in [0.1, 0.15) is 26.7 Å². The predicted molar refractivity (Wildman–Crippen MR) is 81.3 cm³/mol. The average molecular weight is 274 g/mol. The van der Waals surface area contributed by atoms with Crippen molar-refractivity contribution in [3.63, 3.8) is 0 Å². The Morgan fingerprint density at radius 1 is 1.20 bits per heavy atom. The van der Waals surface area contributed by atoms with E-state index in [-0.39, 0.29) is 5.54 Å². The van der Waals surface area contributed by atoms with Gasteiger partial charge in [0.1, 0.15) is 12.4 Å². The number of benzene rings is 1. The summed E-state index contributed by atoms with van der Waals surface area (Å²) in [5, 5.41) is 2.02. The number of methoxy groups -OCH3 is 1. The fourth-order valence-electron chi connectivity index (χ4n) is 2.03. The van der Waals surface area contributed by atoms with Gasteiger partial charge in [0.15, 0.2) is 0 Å². The summed E-state index contributed by atoms with van der Waals surface area (Å²) in [6.07, 6.45) is 3.50. The number of ether oxygens (including phenoxy) is 2. The van der Waals surface area contributed by atoms with Crippen molar-refractivity contribution >= 4 is 10.8 Å². The number of fused-ring (bicyclic) bond motifs is 1. The Kier molecular flexibility index (Phi) is 4.45. The predicted octanol–water partition coefficient (Wildman–Crippen LogP) is 3.14. The maximum atomic E-state index is 6.27. The van der Waals surface area contributed by atoms with Crippen LogP contribution in [0, 0.1) is 0 Å². The number of nitrogens with zero attached hydrogens (tertiary/aromatic N) is 1. The molecule has 0 atom stereocenters. The van der Waals surface area contributed by atoms with Crippen molar-refractivity contribution < 1.29 is 9.47 Å². The fraction of sp³-hybridized carbons (Fsp3) is 0.438. The highest BCUT2D eigenvalue weighted by Gasteiger charge is 2.21. The summed E-state index contributed by atoms with van der Waals surface area (Å²) >= 11 is 0. The smallest absolute Gasteiger partial charge is 0.221 e. The van der Waals surface area contributed by atoms with E-state index >= 15 is 0 Å². The Balaban J connectivity index is 2.29. The van der Waals surface area contributed by atoms with Gasteiger partial charge in [0, 0.05) is 17.1 Å². The molecule has 108 valence electrons. The molecule has 0 fully saturated rings. The Hall–Kier alpha value is -1.81. The molecule has 0 aliphatic heterocycles. The van der Waals surface area contributed by atoms with Crippen LogP contribution < -0.4 is 15.2 Å². The molecule has 2 N–H and O–H groups in total. The highest BCUT2D eigenvalue weighted by molar-refractivity contribution is 5.87. The zero-order valence-electron chi connectivity index (χ0n) is 12.3. The van der Waals surface area contributed by atoms with Gasteiger partial charge in [-0.05, 0) is 36.4 Å². The Morgan fingerprint density at radius 2 is 1.95 bits per heavy atom. The maximum Gasteiger partial charge on any atom is 0.221 e. The van der Waals surface area contributed by atoms with Crippen LogP contribution in [-0.2, 0) is 0 Å². The summed E-state index contributed by atoms with van der Waals surface area (Å²) in [4.78, 5) is 4.32. The standard InChI is InChI=1S/C16H22N2O2/c1-4-16(17,5-2)11-20-15-14-10-13(19-3)7-6-12(14)8-9-18-15/h6-10H,4-5,11,17H2,1-3H3. The lowest BCUT2D eigenvalue weighted by Gasteiger charge is -2.26. The van der Waals surface area contributed by atoms with Crippen LogP contribution in [0.3, 0.4) is 0 Å². The number of pyridine rings is 1. The third-order valence-electron chi connectivity index (χ3n) is 3.84. The van der Waals surface area contributed by atoms with Gasteiger partial charge in [0.05, 0.1) is 7.11 Å². The third kappa shape index (κ3) is 3.02. The minimum absolute atomic E-state index is 0.303. The van der Waals surface area contributed by atoms with Crippen LogP contribution in [0.25, 0.3) is 10.8 Å². The molecular formula is C16H22N2O2. The summed E-state index contributed by atoms with van der Waals surface area (Å²) < 4.78 is 11.1. The molecule has 4 heteroatoms. The summed E-state index contributed by atoms with van der Waals surface area (Å²) in [7, 11) is 1.65. The van der Waals surface area contributed by atoms with Gasteiger partial charge in [0.25, 0.3) is 0 Å². The van der Waals surface area contributed by atoms with Crippen LogP contribution in [0.5, 0.6) is 11.6 Å². The van der Waals surface area contributed by atoms with Crippen molar-refractivity contribution in [1.82, 2.24) is 4.98 Å². The SMILES string of the molecule is CCC(N)(CC)COc1nccc2ccc(OC)cc12. The molecule has 1 aromatic heterocycles. The highest BCUT2D eigenvalue weighted by atomic mass is 16.5. The molecular weight excluding hydrogens is 252 g/mol. The normalized spacial score (nSPS) is 11.6. The molecule has 1 aromatic carbocycles. The first kappa shape index (κ1) is 14.6. The summed E-state index contributed by atoms with van der Waals surface area (Å²) in [5.74, 6) is 1.40. The average Bonchev–Trinajstić information content (AvgIpc) is 2.52. The Labute approximate surface area is 119 Å². The van der Waals surface area contributed by atoms with E-state index in [4.69, 9.17) is 15.2 Å². The molecule has 0 unspecified atom stereocenters. The molecule has 0 saturated heterocycles. The molecule has 0 aliphatic rings. The summed E-state index contributed by atoms with van der Waals surface area (Å²) in [6.45, 7) is 4.61. The highest BCUT2D eigenvalue weighted by Crippen LogP contribution is 2.28. The van der Waals surface area contributed by atoms with Gasteiger partial charge in [-0.15, -0.1) is 0 Å². The minimum atomic E-state index is -0.303. The number of hydrogen-bond donors (Lipinski definition) is 1. The van der Waals surface area contributed by atoms with Crippen molar-refractivity contribution in [3.8, 4) is 11.6 Å². The van der Waals surface area contributed by atoms with E-state index in [1.54, 1.807) is 13.3 Å². The van der Waals surface area contributed by atoms with Crippen LogP contribution >= 0.6 is 0 Å². The molecule has 2 rings (SSSR count). The van der Waals surface area contributed by atoms with E-state index in [1.807, 2.05) is 24.3 Å². The monoisotopic (exact) mass is 274 g/mol. The van der Waals surface area contributed by atoms with E-state index in [0.29, 0.717) is 12.5 Å². The largest absolute Gasteiger partial charge is 0.497 e. The molecule has 1 heterocycles. The van der Waals surface area contributed by atoms with E-state index in [9.17, 15) is 0 Å². The summed E-state index contributed by atoms with van der Waals surface area (Å²) in [5.41, 5.74) is 5.96. The van der Waals surface area contributed by atoms with Crippen LogP contribution in [0.15, 0.2) is 30.5 Å². The fourth-order valence-corrected chi connectivity index (χ4v) is 2.03. The van der Waals surface area contributed by atoms with Gasteiger partial charge in [-0.25, -0.2) is 4.98 Å². The molecule has 0 aliphatic carbocycles. The molecule has 0 amide bonds. The maximum absolute atomic E-state index is 6.27. The molecule has 2 aromatic rings. The Bertz CT molecular complexity index is 580. The topological polar surface area (TPSA) is 57.4 Å². The summed E-state index contributed by atoms with van der Waals surface area (Å²) in [6, 6.07) is 7.82. The van der Waals surface area contributed by atoms with Crippen molar-refractivity contribution in [3.05, 3.63) is 30.5 Å². The Morgan fingerprint density at radius 3 is 2.60 bits per heavy atom. The zero-order valence-corrected chi connectivity index (χ0v) is 12.3. The molecule has 0 radical (unpaired) electrons. The number of hydrogen-bond acceptors (Lipinski definition) is 4. The van der Waals surface area contributed by atoms with Gasteiger partial charge in [-0.1, -0.05) is 19.9 Å². The van der Waals surface area contributed by atoms with Gasteiger partial charge in [-0.3, -0.25) is 0 Å². The lowest BCUT2D eigenvalue weighted by atomic mass is 9.96. The second-order valence-corrected chi connectivity index (χ2v) is 5.06. The van der Waals surface area contributed by atoms with Crippen molar-refractivity contribution in [2.75, 3.05) is 13.7 Å². The van der Waals surface area contributed by atoms with Crippen LogP contribution in [-0.4, -0.2) is 24.2 Å². The second-order valence-electron chi connectivity index (χ2n) is 5.06. The van der Waals surface area contributed by atoms with Crippen molar-refractivity contribution in [2.24, 2.45) is 5.73 Å². The van der Waals surface area contributed by atoms with E-state index < -0.39 is 0 Å². The third-order valence-corrected chi connectivity index (χ3v) is 3.84. The van der Waals surface area contributed by atoms with Crippen molar-refractivity contribution in [1.29, 1.82) is 0 Å².